The van der Waals surface area contributed by atoms with E-state index < -0.39 is 0 Å². The highest BCUT2D eigenvalue weighted by Crippen LogP contribution is 2.15. The van der Waals surface area contributed by atoms with E-state index in [1.807, 2.05) is 20.2 Å². The summed E-state index contributed by atoms with van der Waals surface area (Å²) in [6, 6.07) is 3.51. The van der Waals surface area contributed by atoms with E-state index in [-0.39, 0.29) is 5.91 Å². The number of hydrogen-bond acceptors (Lipinski definition) is 4. The highest BCUT2D eigenvalue weighted by atomic mass is 16.1. The van der Waals surface area contributed by atoms with Gasteiger partial charge in [-0.25, -0.2) is 0 Å². The van der Waals surface area contributed by atoms with Gasteiger partial charge < -0.3 is 10.6 Å². The first-order valence-electron chi connectivity index (χ1n) is 5.69. The van der Waals surface area contributed by atoms with E-state index in [4.69, 9.17) is 0 Å². The number of carbonyl (C=O) groups is 1. The monoisotopic (exact) mass is 245 g/mol. The smallest absolute Gasteiger partial charge is 0.269 e. The summed E-state index contributed by atoms with van der Waals surface area (Å²) in [5.41, 5.74) is 2.07. The molecule has 6 heteroatoms. The first-order valence-corrected chi connectivity index (χ1v) is 5.69. The quantitative estimate of drug-likeness (QED) is 0.852. The SMILES string of the molecule is CCNC(=O)c1cc(Nc2cnn(C)c2)ccn1. The molecular formula is C12H15N5O. The Labute approximate surface area is 105 Å². The average Bonchev–Trinajstić information content (AvgIpc) is 2.75. The minimum Gasteiger partial charge on any atom is -0.353 e. The van der Waals surface area contributed by atoms with Gasteiger partial charge in [0.2, 0.25) is 0 Å². The molecule has 0 spiro atoms. The molecule has 6 nitrogen and oxygen atoms in total. The van der Waals surface area contributed by atoms with Gasteiger partial charge in [0.05, 0.1) is 11.9 Å². The van der Waals surface area contributed by atoms with Crippen LogP contribution in [0, 0.1) is 0 Å². The molecule has 0 aromatic carbocycles. The van der Waals surface area contributed by atoms with Crippen LogP contribution in [0.2, 0.25) is 0 Å². The molecule has 0 unspecified atom stereocenters. The predicted molar refractivity (Wildman–Crippen MR) is 68.7 cm³/mol. The molecule has 0 aliphatic rings. The van der Waals surface area contributed by atoms with Gasteiger partial charge in [-0.2, -0.15) is 5.10 Å². The molecule has 0 aliphatic carbocycles. The summed E-state index contributed by atoms with van der Waals surface area (Å²) in [7, 11) is 1.85. The first kappa shape index (κ1) is 12.1. The van der Waals surface area contributed by atoms with Gasteiger partial charge in [-0.15, -0.1) is 0 Å². The minimum atomic E-state index is -0.174. The van der Waals surface area contributed by atoms with Crippen molar-refractivity contribution in [2.75, 3.05) is 11.9 Å². The zero-order valence-corrected chi connectivity index (χ0v) is 10.3. The largest absolute Gasteiger partial charge is 0.353 e. The normalized spacial score (nSPS) is 10.1. The van der Waals surface area contributed by atoms with Crippen molar-refractivity contribution in [2.45, 2.75) is 6.92 Å². The van der Waals surface area contributed by atoms with Gasteiger partial charge in [0.1, 0.15) is 5.69 Å². The van der Waals surface area contributed by atoms with Crippen LogP contribution in [0.15, 0.2) is 30.7 Å². The van der Waals surface area contributed by atoms with Crippen molar-refractivity contribution in [1.82, 2.24) is 20.1 Å². The maximum Gasteiger partial charge on any atom is 0.269 e. The fourth-order valence-corrected chi connectivity index (χ4v) is 1.54. The third-order valence-electron chi connectivity index (χ3n) is 2.32. The topological polar surface area (TPSA) is 71.8 Å². The molecule has 0 radical (unpaired) electrons. The Kier molecular flexibility index (Phi) is 3.57. The second-order valence-electron chi connectivity index (χ2n) is 3.82. The van der Waals surface area contributed by atoms with E-state index in [0.717, 1.165) is 11.4 Å². The highest BCUT2D eigenvalue weighted by molar-refractivity contribution is 5.93. The minimum absolute atomic E-state index is 0.174. The number of amides is 1. The summed E-state index contributed by atoms with van der Waals surface area (Å²) in [6.45, 7) is 2.45. The maximum absolute atomic E-state index is 11.6. The van der Waals surface area contributed by atoms with Crippen molar-refractivity contribution < 1.29 is 4.79 Å². The second kappa shape index (κ2) is 5.31. The summed E-state index contributed by atoms with van der Waals surface area (Å²) in [4.78, 5) is 15.7. The second-order valence-corrected chi connectivity index (χ2v) is 3.82. The Hall–Kier alpha value is -2.37. The van der Waals surface area contributed by atoms with Gasteiger partial charge in [-0.1, -0.05) is 0 Å². The number of nitrogens with one attached hydrogen (secondary N) is 2. The number of anilines is 2. The number of aromatic nitrogens is 3. The molecule has 2 aromatic heterocycles. The third-order valence-corrected chi connectivity index (χ3v) is 2.32. The van der Waals surface area contributed by atoms with Crippen molar-refractivity contribution >= 4 is 17.3 Å². The van der Waals surface area contributed by atoms with Gasteiger partial charge in [0, 0.05) is 31.7 Å². The van der Waals surface area contributed by atoms with Crippen LogP contribution in [0.5, 0.6) is 0 Å². The summed E-state index contributed by atoms with van der Waals surface area (Å²) < 4.78 is 1.70. The Morgan fingerprint density at radius 3 is 2.94 bits per heavy atom. The number of hydrogen-bond donors (Lipinski definition) is 2. The molecule has 18 heavy (non-hydrogen) atoms. The van der Waals surface area contributed by atoms with E-state index in [1.54, 1.807) is 29.2 Å². The zero-order chi connectivity index (χ0) is 13.0. The number of carbonyl (C=O) groups excluding carboxylic acids is 1. The van der Waals surface area contributed by atoms with Crippen molar-refractivity contribution in [3.8, 4) is 0 Å². The number of aryl methyl sites for hydroxylation is 1. The van der Waals surface area contributed by atoms with E-state index in [9.17, 15) is 4.79 Å². The molecular weight excluding hydrogens is 230 g/mol. The number of nitrogens with zero attached hydrogens (tertiary/aromatic N) is 3. The molecule has 0 fully saturated rings. The third kappa shape index (κ3) is 2.85. The molecule has 2 aromatic rings. The van der Waals surface area contributed by atoms with E-state index in [2.05, 4.69) is 20.7 Å². The summed E-state index contributed by atoms with van der Waals surface area (Å²) in [5.74, 6) is -0.174. The fourth-order valence-electron chi connectivity index (χ4n) is 1.54. The van der Waals surface area contributed by atoms with Gasteiger partial charge >= 0.3 is 0 Å². The highest BCUT2D eigenvalue weighted by Gasteiger charge is 2.06. The summed E-state index contributed by atoms with van der Waals surface area (Å²) >= 11 is 0. The van der Waals surface area contributed by atoms with Crippen LogP contribution in [0.1, 0.15) is 17.4 Å². The molecule has 2 heterocycles. The lowest BCUT2D eigenvalue weighted by molar-refractivity contribution is 0.0951. The van der Waals surface area contributed by atoms with Crippen LogP contribution in [0.4, 0.5) is 11.4 Å². The van der Waals surface area contributed by atoms with Gasteiger partial charge in [-0.3, -0.25) is 14.5 Å². The molecule has 0 saturated heterocycles. The van der Waals surface area contributed by atoms with Crippen molar-refractivity contribution in [3.63, 3.8) is 0 Å². The standard InChI is InChI=1S/C12H15N5O/c1-3-13-12(18)11-6-9(4-5-14-11)16-10-7-15-17(2)8-10/h4-8H,3H2,1-2H3,(H,13,18)(H,14,16). The first-order chi connectivity index (χ1) is 8.69. The van der Waals surface area contributed by atoms with Crippen LogP contribution in [0.3, 0.4) is 0 Å². The Bertz CT molecular complexity index is 549. The van der Waals surface area contributed by atoms with Crippen LogP contribution in [-0.4, -0.2) is 27.2 Å². The Morgan fingerprint density at radius 2 is 2.28 bits per heavy atom. The Balaban J connectivity index is 2.14. The maximum atomic E-state index is 11.6. The molecule has 0 saturated carbocycles. The fraction of sp³-hybridized carbons (Fsp3) is 0.250. The molecule has 2 rings (SSSR count). The van der Waals surface area contributed by atoms with Crippen LogP contribution in [0.25, 0.3) is 0 Å². The van der Waals surface area contributed by atoms with E-state index >= 15 is 0 Å². The molecule has 0 atom stereocenters. The number of rotatable bonds is 4. The van der Waals surface area contributed by atoms with Crippen LogP contribution in [-0.2, 0) is 7.05 Å². The van der Waals surface area contributed by atoms with Gasteiger partial charge in [0.25, 0.3) is 5.91 Å². The van der Waals surface area contributed by atoms with Crippen molar-refractivity contribution in [2.24, 2.45) is 7.05 Å². The van der Waals surface area contributed by atoms with Crippen LogP contribution < -0.4 is 10.6 Å². The predicted octanol–water partition coefficient (Wildman–Crippen LogP) is 1.31. The summed E-state index contributed by atoms with van der Waals surface area (Å²) in [6.07, 6.45) is 5.17. The van der Waals surface area contributed by atoms with Crippen molar-refractivity contribution in [1.29, 1.82) is 0 Å². The van der Waals surface area contributed by atoms with E-state index in [1.165, 1.54) is 0 Å². The molecule has 1 amide bonds. The van der Waals surface area contributed by atoms with Crippen molar-refractivity contribution in [3.05, 3.63) is 36.4 Å². The lowest BCUT2D eigenvalue weighted by Crippen LogP contribution is -2.23. The van der Waals surface area contributed by atoms with E-state index in [0.29, 0.717) is 12.2 Å². The van der Waals surface area contributed by atoms with Gasteiger partial charge in [0.15, 0.2) is 0 Å². The molecule has 2 N–H and O–H groups in total. The molecule has 94 valence electrons. The summed E-state index contributed by atoms with van der Waals surface area (Å²) in [5, 5.41) is 9.93. The van der Waals surface area contributed by atoms with Gasteiger partial charge in [-0.05, 0) is 19.1 Å². The lowest BCUT2D eigenvalue weighted by Gasteiger charge is -2.05. The zero-order valence-electron chi connectivity index (χ0n) is 10.3. The number of pyridine rings is 1. The molecule has 0 aliphatic heterocycles. The average molecular weight is 245 g/mol. The Morgan fingerprint density at radius 1 is 1.44 bits per heavy atom. The lowest BCUT2D eigenvalue weighted by atomic mass is 10.3. The molecule has 0 bridgehead atoms. The van der Waals surface area contributed by atoms with Crippen LogP contribution >= 0.6 is 0 Å².